The monoisotopic (exact) mass is 796 g/mol. The van der Waals surface area contributed by atoms with Gasteiger partial charge in [-0.1, -0.05) is 6.07 Å². The number of likely N-dealkylation sites (tertiary alicyclic amines) is 1. The second kappa shape index (κ2) is 16.5. The van der Waals surface area contributed by atoms with Gasteiger partial charge < -0.3 is 10.1 Å². The number of hydrogen-bond acceptors (Lipinski definition) is 10. The summed E-state index contributed by atoms with van der Waals surface area (Å²) in [7, 11) is 0.145. The van der Waals surface area contributed by atoms with E-state index in [9.17, 15) is 27.8 Å². The first-order chi connectivity index (χ1) is 26.9. The van der Waals surface area contributed by atoms with Crippen molar-refractivity contribution >= 4 is 45.6 Å². The highest BCUT2D eigenvalue weighted by atomic mass is 32.2. The maximum absolute atomic E-state index is 15.7. The van der Waals surface area contributed by atoms with Crippen LogP contribution < -0.4 is 20.3 Å². The first-order valence-corrected chi connectivity index (χ1v) is 19.4. The molecule has 1 unspecified atom stereocenters. The number of halogens is 4. The summed E-state index contributed by atoms with van der Waals surface area (Å²) in [4.78, 5) is 35.6. The molecular weight excluding hydrogens is 757 g/mol. The number of rotatable bonds is 12. The molecule has 5 heterocycles. The minimum atomic E-state index is -3.15. The summed E-state index contributed by atoms with van der Waals surface area (Å²) in [5.41, 5.74) is 2.14. The summed E-state index contributed by atoms with van der Waals surface area (Å²) in [6.45, 7) is -1.44. The van der Waals surface area contributed by atoms with Crippen molar-refractivity contribution in [3.63, 3.8) is 0 Å². The third-order valence-electron chi connectivity index (χ3n) is 10.4. The first kappa shape index (κ1) is 39.1. The largest absolute Gasteiger partial charge is 0.432 e. The van der Waals surface area contributed by atoms with Gasteiger partial charge in [-0.2, -0.15) is 19.1 Å². The summed E-state index contributed by atoms with van der Waals surface area (Å²) in [6, 6.07) is 11.8. The van der Waals surface area contributed by atoms with Crippen molar-refractivity contribution in [3.8, 4) is 11.8 Å². The second-order valence-electron chi connectivity index (χ2n) is 14.2. The molecule has 7 rings (SSSR count). The maximum Gasteiger partial charge on any atom is 0.387 e. The molecular formula is C37H40F4N10O4S. The lowest BCUT2D eigenvalue weighted by atomic mass is 9.88. The fraction of sp³-hybridized carbons (Fsp3) is 0.459. The number of nitrogens with one attached hydrogen (secondary N) is 2. The van der Waals surface area contributed by atoms with Crippen LogP contribution in [0.2, 0.25) is 0 Å². The molecule has 0 bridgehead atoms. The highest BCUT2D eigenvalue weighted by molar-refractivity contribution is 7.82. The average molecular weight is 797 g/mol. The molecule has 3 aliphatic rings. The van der Waals surface area contributed by atoms with Crippen LogP contribution in [0.4, 0.5) is 34.1 Å². The van der Waals surface area contributed by atoms with E-state index < -0.39 is 42.5 Å². The third kappa shape index (κ3) is 8.92. The Morgan fingerprint density at radius 3 is 2.45 bits per heavy atom. The molecule has 3 aliphatic heterocycles. The number of fused-ring (bicyclic) bond motifs is 1. The summed E-state index contributed by atoms with van der Waals surface area (Å²) in [6.07, 6.45) is 4.30. The van der Waals surface area contributed by atoms with E-state index >= 15 is 8.78 Å². The van der Waals surface area contributed by atoms with Crippen molar-refractivity contribution < 1.29 is 36.1 Å². The van der Waals surface area contributed by atoms with Crippen LogP contribution in [0.15, 0.2) is 53.7 Å². The Morgan fingerprint density at radius 2 is 1.77 bits per heavy atom. The molecule has 2 N–H and O–H groups in total. The molecule has 2 aromatic heterocycles. The Morgan fingerprint density at radius 1 is 1.04 bits per heavy atom. The van der Waals surface area contributed by atoms with Crippen molar-refractivity contribution in [2.24, 2.45) is 7.05 Å². The number of nitrogens with zero attached hydrogens (tertiary/aromatic N) is 8. The summed E-state index contributed by atoms with van der Waals surface area (Å²) in [5, 5.41) is 20.5. The standard InChI is InChI=1S/C37H40F4N10O4S/c1-48-31-17-24(3-5-30(31)33(47-48)51-15-10-32(52)46-36(51)53)23-6-11-49(12-7-23)22-37(40,41)18-26-16-29(4-2-25(26)19-42)56(54)50-13-8-27(9-14-50)45-35-43-20-28(21-44-35)55-34(38)39/h2-5,16-17,20-21,23,27,34H,6-15,18,22H2,1H3,(H,43,44,45)(H,46,52,53). The average Bonchev–Trinajstić information content (AvgIpc) is 3.50. The Balaban J connectivity index is 0.924. The van der Waals surface area contributed by atoms with Crippen LogP contribution in [0.1, 0.15) is 54.7 Å². The molecule has 296 valence electrons. The summed E-state index contributed by atoms with van der Waals surface area (Å²) in [5.74, 6) is -2.76. The van der Waals surface area contributed by atoms with Crippen LogP contribution >= 0.6 is 0 Å². The van der Waals surface area contributed by atoms with Crippen LogP contribution in [-0.2, 0) is 29.2 Å². The number of urea groups is 1. The number of imide groups is 1. The van der Waals surface area contributed by atoms with Crippen molar-refractivity contribution in [1.82, 2.24) is 34.3 Å². The van der Waals surface area contributed by atoms with Gasteiger partial charge in [-0.3, -0.25) is 24.6 Å². The lowest BCUT2D eigenvalue weighted by Gasteiger charge is -2.34. The quantitative estimate of drug-likeness (QED) is 0.188. The molecule has 3 amide bonds. The Kier molecular flexibility index (Phi) is 11.5. The lowest BCUT2D eigenvalue weighted by Crippen LogP contribution is -2.49. The van der Waals surface area contributed by atoms with E-state index in [1.54, 1.807) is 27.0 Å². The van der Waals surface area contributed by atoms with Gasteiger partial charge in [0.1, 0.15) is 11.0 Å². The van der Waals surface area contributed by atoms with Crippen LogP contribution in [0.5, 0.6) is 5.75 Å². The first-order valence-electron chi connectivity index (χ1n) is 18.3. The zero-order chi connectivity index (χ0) is 39.6. The van der Waals surface area contributed by atoms with E-state index in [4.69, 9.17) is 0 Å². The van der Waals surface area contributed by atoms with Crippen molar-refractivity contribution in [2.75, 3.05) is 49.5 Å². The Labute approximate surface area is 322 Å². The normalized spacial score (nSPS) is 18.6. The molecule has 14 nitrogen and oxygen atoms in total. The molecule has 2 aromatic carbocycles. The van der Waals surface area contributed by atoms with Crippen LogP contribution in [0.25, 0.3) is 10.9 Å². The van der Waals surface area contributed by atoms with Gasteiger partial charge in [-0.15, -0.1) is 0 Å². The number of nitriles is 1. The molecule has 1 atom stereocenters. The third-order valence-corrected chi connectivity index (χ3v) is 11.9. The minimum Gasteiger partial charge on any atom is -0.432 e. The molecule has 4 aromatic rings. The van der Waals surface area contributed by atoms with E-state index in [-0.39, 0.29) is 53.7 Å². The van der Waals surface area contributed by atoms with Gasteiger partial charge >= 0.3 is 12.6 Å². The van der Waals surface area contributed by atoms with Gasteiger partial charge in [0.15, 0.2) is 11.6 Å². The van der Waals surface area contributed by atoms with Crippen molar-refractivity contribution in [2.45, 2.75) is 67.9 Å². The van der Waals surface area contributed by atoms with Gasteiger partial charge in [0.2, 0.25) is 11.9 Å². The van der Waals surface area contributed by atoms with E-state index in [1.807, 2.05) is 24.3 Å². The van der Waals surface area contributed by atoms with Crippen LogP contribution in [0.3, 0.4) is 0 Å². The highest BCUT2D eigenvalue weighted by Gasteiger charge is 2.36. The number of carbonyl (C=O) groups is 2. The van der Waals surface area contributed by atoms with Gasteiger partial charge in [-0.05, 0) is 86.1 Å². The van der Waals surface area contributed by atoms with E-state index in [0.717, 1.165) is 28.9 Å². The van der Waals surface area contributed by atoms with Gasteiger partial charge in [0.25, 0.3) is 5.92 Å². The molecule has 0 aliphatic carbocycles. The van der Waals surface area contributed by atoms with E-state index in [1.165, 1.54) is 17.0 Å². The zero-order valence-corrected chi connectivity index (χ0v) is 31.3. The Hall–Kier alpha value is -5.19. The zero-order valence-electron chi connectivity index (χ0n) is 30.5. The number of aryl methyl sites for hydroxylation is 1. The molecule has 0 radical (unpaired) electrons. The molecule has 0 spiro atoms. The van der Waals surface area contributed by atoms with Crippen LogP contribution in [0, 0.1) is 11.3 Å². The number of aromatic nitrogens is 4. The number of alkyl halides is 4. The maximum atomic E-state index is 15.7. The smallest absolute Gasteiger partial charge is 0.387 e. The predicted octanol–water partition coefficient (Wildman–Crippen LogP) is 4.94. The molecule has 19 heteroatoms. The van der Waals surface area contributed by atoms with Crippen molar-refractivity contribution in [3.05, 3.63) is 65.5 Å². The van der Waals surface area contributed by atoms with E-state index in [0.29, 0.717) is 62.6 Å². The minimum absolute atomic E-state index is 0.0615. The number of ether oxygens (including phenoxy) is 1. The molecule has 56 heavy (non-hydrogen) atoms. The fourth-order valence-corrected chi connectivity index (χ4v) is 8.82. The number of piperidine rings is 2. The SMILES string of the molecule is Cn1nc(N2CCC(=O)NC2=O)c2ccc(C3CCN(CC(F)(F)Cc4cc(S(=O)N5CCC(Nc6ncc(OC(F)F)cn6)CC5)ccc4C#N)CC3)cc21. The fourth-order valence-electron chi connectivity index (χ4n) is 7.55. The topological polar surface area (TPSA) is 162 Å². The Bertz CT molecular complexity index is 2150. The number of amides is 3. The van der Waals surface area contributed by atoms with Gasteiger partial charge in [0, 0.05) is 51.0 Å². The second-order valence-corrected chi connectivity index (χ2v) is 15.7. The number of benzene rings is 2. The number of anilines is 2. The summed E-state index contributed by atoms with van der Waals surface area (Å²) < 4.78 is 77.4. The highest BCUT2D eigenvalue weighted by Crippen LogP contribution is 2.35. The van der Waals surface area contributed by atoms with Crippen molar-refractivity contribution in [1.29, 1.82) is 5.26 Å². The summed E-state index contributed by atoms with van der Waals surface area (Å²) >= 11 is 0. The number of carbonyl (C=O) groups excluding carboxylic acids is 2. The molecule has 0 saturated carbocycles. The lowest BCUT2D eigenvalue weighted by molar-refractivity contribution is -0.120. The predicted molar refractivity (Wildman–Crippen MR) is 198 cm³/mol. The molecule has 3 fully saturated rings. The van der Waals surface area contributed by atoms with E-state index in [2.05, 4.69) is 30.4 Å². The van der Waals surface area contributed by atoms with Crippen LogP contribution in [-0.4, -0.2) is 103 Å². The van der Waals surface area contributed by atoms with Gasteiger partial charge in [0.05, 0.1) is 41.0 Å². The number of hydrogen-bond donors (Lipinski definition) is 2. The molecule has 3 saturated heterocycles. The van der Waals surface area contributed by atoms with Gasteiger partial charge in [-0.25, -0.2) is 32.1 Å².